The molecule has 0 heterocycles. The molecule has 2 atom stereocenters. The van der Waals surface area contributed by atoms with Gasteiger partial charge in [0.05, 0.1) is 6.04 Å². The first-order valence-electron chi connectivity index (χ1n) is 4.05. The summed E-state index contributed by atoms with van der Waals surface area (Å²) in [5, 5.41) is 2.63. The van der Waals surface area contributed by atoms with Gasteiger partial charge in [-0.15, -0.1) is 6.58 Å². The third-order valence-electron chi connectivity index (χ3n) is 1.94. The Labute approximate surface area is 74.4 Å². The molecule has 0 aromatic carbocycles. The van der Waals surface area contributed by atoms with E-state index in [0.717, 1.165) is 0 Å². The molecule has 0 aromatic heterocycles. The van der Waals surface area contributed by atoms with E-state index < -0.39 is 0 Å². The van der Waals surface area contributed by atoms with Gasteiger partial charge in [0, 0.05) is 7.05 Å². The van der Waals surface area contributed by atoms with E-state index in [-0.39, 0.29) is 17.9 Å². The molecular weight excluding hydrogens is 152 g/mol. The third kappa shape index (κ3) is 2.66. The molecule has 3 nitrogen and oxygen atoms in total. The molecule has 0 aliphatic carbocycles. The minimum absolute atomic E-state index is 0.0346. The molecule has 0 rings (SSSR count). The Balaban J connectivity index is 4.42. The maximum absolute atomic E-state index is 11.4. The summed E-state index contributed by atoms with van der Waals surface area (Å²) in [4.78, 5) is 13.2. The van der Waals surface area contributed by atoms with E-state index in [4.69, 9.17) is 0 Å². The van der Waals surface area contributed by atoms with Crippen LogP contribution in [0.5, 0.6) is 0 Å². The van der Waals surface area contributed by atoms with Crippen LogP contribution in [0.25, 0.3) is 0 Å². The van der Waals surface area contributed by atoms with Crippen LogP contribution >= 0.6 is 0 Å². The van der Waals surface area contributed by atoms with Crippen LogP contribution < -0.4 is 5.32 Å². The number of likely N-dealkylation sites (N-methyl/N-ethyl adjacent to an activating group) is 2. The van der Waals surface area contributed by atoms with Gasteiger partial charge < -0.3 is 5.32 Å². The van der Waals surface area contributed by atoms with Crippen LogP contribution in [0.1, 0.15) is 6.92 Å². The Morgan fingerprint density at radius 2 is 2.08 bits per heavy atom. The Hall–Kier alpha value is -0.830. The van der Waals surface area contributed by atoms with E-state index in [9.17, 15) is 4.79 Å². The van der Waals surface area contributed by atoms with Crippen molar-refractivity contribution in [3.63, 3.8) is 0 Å². The zero-order valence-corrected chi connectivity index (χ0v) is 8.29. The number of carbonyl (C=O) groups is 1. The number of nitrogens with one attached hydrogen (secondary N) is 1. The molecule has 0 fully saturated rings. The molecule has 0 aromatic rings. The molecule has 70 valence electrons. The van der Waals surface area contributed by atoms with E-state index in [1.54, 1.807) is 13.1 Å². The lowest BCUT2D eigenvalue weighted by Gasteiger charge is -2.26. The van der Waals surface area contributed by atoms with Gasteiger partial charge in [-0.25, -0.2) is 0 Å². The fourth-order valence-electron chi connectivity index (χ4n) is 1.22. The normalized spacial score (nSPS) is 15.4. The highest BCUT2D eigenvalue weighted by atomic mass is 16.2. The topological polar surface area (TPSA) is 32.3 Å². The number of carbonyl (C=O) groups excluding carboxylic acids is 1. The first-order chi connectivity index (χ1) is 5.54. The van der Waals surface area contributed by atoms with Crippen molar-refractivity contribution in [1.82, 2.24) is 10.2 Å². The van der Waals surface area contributed by atoms with Crippen LogP contribution in [0.3, 0.4) is 0 Å². The van der Waals surface area contributed by atoms with E-state index >= 15 is 0 Å². The molecule has 1 N–H and O–H groups in total. The second-order valence-corrected chi connectivity index (χ2v) is 3.12. The predicted molar refractivity (Wildman–Crippen MR) is 50.9 cm³/mol. The first-order valence-corrected chi connectivity index (χ1v) is 4.05. The zero-order chi connectivity index (χ0) is 9.72. The highest BCUT2D eigenvalue weighted by Crippen LogP contribution is 2.08. The van der Waals surface area contributed by atoms with Crippen molar-refractivity contribution >= 4 is 5.91 Å². The van der Waals surface area contributed by atoms with Crippen molar-refractivity contribution in [2.24, 2.45) is 5.92 Å². The number of hydrogen-bond donors (Lipinski definition) is 1. The molecule has 0 radical (unpaired) electrons. The van der Waals surface area contributed by atoms with Gasteiger partial charge in [0.2, 0.25) is 5.91 Å². The van der Waals surface area contributed by atoms with E-state index in [0.29, 0.717) is 0 Å². The van der Waals surface area contributed by atoms with Crippen LogP contribution in [0.4, 0.5) is 0 Å². The molecule has 3 heteroatoms. The average Bonchev–Trinajstić information content (AvgIpc) is 2.03. The fourth-order valence-corrected chi connectivity index (χ4v) is 1.22. The summed E-state index contributed by atoms with van der Waals surface area (Å²) in [7, 11) is 5.43. The van der Waals surface area contributed by atoms with Crippen LogP contribution in [0.15, 0.2) is 12.7 Å². The standard InChI is InChI=1S/C9H18N2O/c1-6-7(2)8(11(4)5)9(12)10-3/h6-8H,1H2,2-5H3,(H,10,12). The lowest BCUT2D eigenvalue weighted by atomic mass is 10.0. The van der Waals surface area contributed by atoms with Gasteiger partial charge in [0.25, 0.3) is 0 Å². The highest BCUT2D eigenvalue weighted by Gasteiger charge is 2.23. The van der Waals surface area contributed by atoms with Crippen LogP contribution in [0, 0.1) is 5.92 Å². The summed E-state index contributed by atoms with van der Waals surface area (Å²) in [6.07, 6.45) is 1.79. The van der Waals surface area contributed by atoms with Gasteiger partial charge in [-0.05, 0) is 20.0 Å². The zero-order valence-electron chi connectivity index (χ0n) is 8.29. The molecule has 1 amide bonds. The number of nitrogens with zero attached hydrogens (tertiary/aromatic N) is 1. The van der Waals surface area contributed by atoms with Gasteiger partial charge in [-0.3, -0.25) is 9.69 Å². The molecule has 0 aliphatic heterocycles. The van der Waals surface area contributed by atoms with Gasteiger partial charge in [-0.1, -0.05) is 13.0 Å². The Bertz CT molecular complexity index is 166. The minimum atomic E-state index is -0.118. The van der Waals surface area contributed by atoms with Gasteiger partial charge >= 0.3 is 0 Å². The average molecular weight is 170 g/mol. The predicted octanol–water partition coefficient (Wildman–Crippen LogP) is 0.485. The molecule has 0 saturated heterocycles. The largest absolute Gasteiger partial charge is 0.358 e. The lowest BCUT2D eigenvalue weighted by Crippen LogP contribution is -2.45. The maximum Gasteiger partial charge on any atom is 0.237 e. The summed E-state index contributed by atoms with van der Waals surface area (Å²) in [6, 6.07) is -0.118. The van der Waals surface area contributed by atoms with E-state index in [1.807, 2.05) is 25.9 Å². The van der Waals surface area contributed by atoms with Crippen molar-refractivity contribution in [1.29, 1.82) is 0 Å². The van der Waals surface area contributed by atoms with Crippen LogP contribution in [-0.2, 0) is 4.79 Å². The maximum atomic E-state index is 11.4. The molecule has 0 bridgehead atoms. The smallest absolute Gasteiger partial charge is 0.237 e. The highest BCUT2D eigenvalue weighted by molar-refractivity contribution is 5.81. The summed E-state index contributed by atoms with van der Waals surface area (Å²) in [5.41, 5.74) is 0. The SMILES string of the molecule is C=CC(C)C(C(=O)NC)N(C)C. The molecular formula is C9H18N2O. The summed E-state index contributed by atoms with van der Waals surface area (Å²) >= 11 is 0. The van der Waals surface area contributed by atoms with Gasteiger partial charge in [0.15, 0.2) is 0 Å². The van der Waals surface area contributed by atoms with Gasteiger partial charge in [0.1, 0.15) is 0 Å². The number of hydrogen-bond acceptors (Lipinski definition) is 2. The van der Waals surface area contributed by atoms with Crippen molar-refractivity contribution in [3.8, 4) is 0 Å². The number of rotatable bonds is 4. The van der Waals surface area contributed by atoms with Crippen molar-refractivity contribution < 1.29 is 4.79 Å². The van der Waals surface area contributed by atoms with Crippen LogP contribution in [0.2, 0.25) is 0 Å². The van der Waals surface area contributed by atoms with Crippen molar-refractivity contribution in [2.45, 2.75) is 13.0 Å². The lowest BCUT2D eigenvalue weighted by molar-refractivity contribution is -0.126. The molecule has 0 aliphatic rings. The quantitative estimate of drug-likeness (QED) is 0.623. The second-order valence-electron chi connectivity index (χ2n) is 3.12. The molecule has 0 saturated carbocycles. The summed E-state index contributed by atoms with van der Waals surface area (Å²) in [5.74, 6) is 0.201. The van der Waals surface area contributed by atoms with Crippen LogP contribution in [-0.4, -0.2) is 38.0 Å². The second kappa shape index (κ2) is 4.93. The Morgan fingerprint density at radius 3 is 2.33 bits per heavy atom. The van der Waals surface area contributed by atoms with Crippen molar-refractivity contribution in [3.05, 3.63) is 12.7 Å². The number of amides is 1. The minimum Gasteiger partial charge on any atom is -0.358 e. The fraction of sp³-hybridized carbons (Fsp3) is 0.667. The Kier molecular flexibility index (Phi) is 4.59. The molecule has 0 spiro atoms. The summed E-state index contributed by atoms with van der Waals surface area (Å²) < 4.78 is 0. The third-order valence-corrected chi connectivity index (χ3v) is 1.94. The Morgan fingerprint density at radius 1 is 1.58 bits per heavy atom. The van der Waals surface area contributed by atoms with E-state index in [2.05, 4.69) is 11.9 Å². The molecule has 2 unspecified atom stereocenters. The first kappa shape index (κ1) is 11.2. The summed E-state index contributed by atoms with van der Waals surface area (Å²) in [6.45, 7) is 5.65. The van der Waals surface area contributed by atoms with E-state index in [1.165, 1.54) is 0 Å². The monoisotopic (exact) mass is 170 g/mol. The van der Waals surface area contributed by atoms with Gasteiger partial charge in [-0.2, -0.15) is 0 Å². The molecule has 12 heavy (non-hydrogen) atoms. The van der Waals surface area contributed by atoms with Crippen molar-refractivity contribution in [2.75, 3.05) is 21.1 Å².